The predicted octanol–water partition coefficient (Wildman–Crippen LogP) is -0.0498. The number of aromatic hydroxyl groups is 1. The van der Waals surface area contributed by atoms with Crippen LogP contribution < -0.4 is 10.6 Å². The van der Waals surface area contributed by atoms with Gasteiger partial charge >= 0.3 is 5.97 Å². The number of benzene rings is 1. The highest BCUT2D eigenvalue weighted by atomic mass is 16.9. The van der Waals surface area contributed by atoms with Gasteiger partial charge in [-0.15, -0.1) is 0 Å². The first-order valence-corrected chi connectivity index (χ1v) is 12.8. The Morgan fingerprint density at radius 2 is 1.72 bits per heavy atom. The monoisotopic (exact) mass is 551 g/mol. The van der Waals surface area contributed by atoms with Gasteiger partial charge in [0, 0.05) is 0 Å². The fraction of sp³-hybridized carbons (Fsp3) is 0.654. The molecule has 0 aliphatic carbocycles. The Morgan fingerprint density at radius 3 is 2.38 bits per heavy atom. The molecule has 4 N–H and O–H groups in total. The lowest BCUT2D eigenvalue weighted by Crippen LogP contribution is -2.64. The molecule has 0 aromatic heterocycles. The quantitative estimate of drug-likeness (QED) is 0.308. The third-order valence-corrected chi connectivity index (χ3v) is 6.80. The molecule has 3 heterocycles. The molecule has 4 rings (SSSR count). The van der Waals surface area contributed by atoms with Crippen molar-refractivity contribution in [1.82, 2.24) is 15.5 Å². The van der Waals surface area contributed by atoms with Crippen molar-refractivity contribution in [3.63, 3.8) is 0 Å². The van der Waals surface area contributed by atoms with Gasteiger partial charge in [0.2, 0.25) is 17.6 Å². The van der Waals surface area contributed by atoms with E-state index in [4.69, 9.17) is 28.8 Å². The number of rotatable bonds is 10. The van der Waals surface area contributed by atoms with Crippen molar-refractivity contribution in [3.8, 4) is 5.75 Å². The Kier molecular flexibility index (Phi) is 8.22. The van der Waals surface area contributed by atoms with Gasteiger partial charge in [0.1, 0.15) is 30.6 Å². The van der Waals surface area contributed by atoms with E-state index in [-0.39, 0.29) is 31.4 Å². The third-order valence-electron chi connectivity index (χ3n) is 6.80. The zero-order valence-electron chi connectivity index (χ0n) is 22.8. The highest BCUT2D eigenvalue weighted by molar-refractivity contribution is 5.88. The predicted molar refractivity (Wildman–Crippen MR) is 134 cm³/mol. The van der Waals surface area contributed by atoms with Gasteiger partial charge in [0.15, 0.2) is 11.6 Å². The number of fused-ring (bicyclic) bond motifs is 3. The maximum Gasteiger partial charge on any atom is 0.322 e. The van der Waals surface area contributed by atoms with Crippen molar-refractivity contribution in [2.75, 3.05) is 33.3 Å². The van der Waals surface area contributed by atoms with Crippen LogP contribution >= 0.6 is 0 Å². The Hall–Kier alpha value is -2.81. The van der Waals surface area contributed by atoms with Crippen molar-refractivity contribution >= 4 is 17.8 Å². The van der Waals surface area contributed by atoms with E-state index in [9.17, 15) is 19.5 Å². The molecule has 13 heteroatoms. The molecule has 0 unspecified atom stereocenters. The number of hydrogen-bond donors (Lipinski definition) is 4. The van der Waals surface area contributed by atoms with Crippen LogP contribution in [0.2, 0.25) is 0 Å². The smallest absolute Gasteiger partial charge is 0.322 e. The molecule has 1 aromatic rings. The number of phenolic OH excluding ortho intramolecular Hbond substituents is 1. The van der Waals surface area contributed by atoms with Crippen LogP contribution in [0.5, 0.6) is 5.75 Å². The number of aliphatic carboxylic acids is 1. The van der Waals surface area contributed by atoms with E-state index < -0.39 is 66.5 Å². The number of carboxylic acid groups (broad SMARTS) is 1. The van der Waals surface area contributed by atoms with Crippen LogP contribution in [0.25, 0.3) is 0 Å². The summed E-state index contributed by atoms with van der Waals surface area (Å²) in [5, 5.41) is 23.2. The number of amides is 2. The zero-order chi connectivity index (χ0) is 28.6. The summed E-state index contributed by atoms with van der Waals surface area (Å²) < 4.78 is 31.0. The summed E-state index contributed by atoms with van der Waals surface area (Å²) >= 11 is 0. The second kappa shape index (κ2) is 11.0. The SMILES string of the molecule is CN(C[C@@]12OC[C@H]3OC(C)(C)O[C@H]3[C@@H]1OC(C)(C)O2)[C@@H](Cc1ccc(O)cc1)C(=O)NCC(=O)NCC(=O)O. The summed E-state index contributed by atoms with van der Waals surface area (Å²) in [7, 11) is 1.74. The van der Waals surface area contributed by atoms with Crippen LogP contribution in [0.3, 0.4) is 0 Å². The van der Waals surface area contributed by atoms with Crippen molar-refractivity contribution < 1.29 is 48.3 Å². The van der Waals surface area contributed by atoms with Crippen LogP contribution in [-0.2, 0) is 44.5 Å². The number of phenols is 1. The molecule has 0 radical (unpaired) electrons. The standard InChI is InChI=1S/C26H37N3O10/c1-24(2)36-18-13-35-26(22(21(18)37-24)38-25(3,4)39-26)14-29(5)17(10-15-6-8-16(30)9-7-15)23(34)28-11-19(31)27-12-20(32)33/h6-9,17-18,21-22,30H,10-14H2,1-5H3,(H,27,31)(H,28,34)(H,32,33)/t17-,18+,21+,22-,26-/m0/s1. The normalized spacial score (nSPS) is 29.3. The molecule has 5 atom stereocenters. The van der Waals surface area contributed by atoms with Gasteiger partial charge in [-0.25, -0.2) is 0 Å². The van der Waals surface area contributed by atoms with Gasteiger partial charge in [-0.3, -0.25) is 19.3 Å². The number of ether oxygens (including phenoxy) is 5. The number of hydrogen-bond acceptors (Lipinski definition) is 10. The van der Waals surface area contributed by atoms with Crippen LogP contribution in [0.15, 0.2) is 24.3 Å². The largest absolute Gasteiger partial charge is 0.508 e. The summed E-state index contributed by atoms with van der Waals surface area (Å²) in [6.07, 6.45) is -1.20. The average molecular weight is 552 g/mol. The molecule has 13 nitrogen and oxygen atoms in total. The van der Waals surface area contributed by atoms with E-state index in [1.165, 1.54) is 12.1 Å². The second-order valence-electron chi connectivity index (χ2n) is 11.0. The van der Waals surface area contributed by atoms with E-state index in [2.05, 4.69) is 10.6 Å². The van der Waals surface area contributed by atoms with Crippen molar-refractivity contribution in [2.24, 2.45) is 0 Å². The molecule has 3 fully saturated rings. The van der Waals surface area contributed by atoms with Crippen LogP contribution in [0.1, 0.15) is 33.3 Å². The number of nitrogens with zero attached hydrogens (tertiary/aromatic N) is 1. The molecule has 3 saturated heterocycles. The minimum atomic E-state index is -1.27. The van der Waals surface area contributed by atoms with E-state index in [0.717, 1.165) is 5.56 Å². The van der Waals surface area contributed by atoms with Crippen LogP contribution in [0.4, 0.5) is 0 Å². The fourth-order valence-corrected chi connectivity index (χ4v) is 5.25. The molecule has 0 bridgehead atoms. The first-order chi connectivity index (χ1) is 18.2. The number of nitrogens with one attached hydrogen (secondary N) is 2. The molecule has 0 saturated carbocycles. The summed E-state index contributed by atoms with van der Waals surface area (Å²) in [5.74, 6) is -5.27. The molecular formula is C26H37N3O10. The number of carboxylic acids is 1. The Balaban J connectivity index is 1.53. The summed E-state index contributed by atoms with van der Waals surface area (Å²) in [6.45, 7) is 6.59. The Morgan fingerprint density at radius 1 is 1.03 bits per heavy atom. The van der Waals surface area contributed by atoms with Crippen molar-refractivity contribution in [1.29, 1.82) is 0 Å². The van der Waals surface area contributed by atoms with Crippen molar-refractivity contribution in [2.45, 2.75) is 75.8 Å². The number of carbonyl (C=O) groups excluding carboxylic acids is 2. The van der Waals surface area contributed by atoms with Gasteiger partial charge in [-0.1, -0.05) is 12.1 Å². The zero-order valence-corrected chi connectivity index (χ0v) is 22.8. The van der Waals surface area contributed by atoms with E-state index in [0.29, 0.717) is 0 Å². The maximum absolute atomic E-state index is 13.4. The summed E-state index contributed by atoms with van der Waals surface area (Å²) in [5.41, 5.74) is 0.770. The molecule has 3 aliphatic rings. The minimum Gasteiger partial charge on any atom is -0.508 e. The second-order valence-corrected chi connectivity index (χ2v) is 11.0. The van der Waals surface area contributed by atoms with Crippen molar-refractivity contribution in [3.05, 3.63) is 29.8 Å². The van der Waals surface area contributed by atoms with Gasteiger partial charge < -0.3 is 44.5 Å². The molecule has 0 spiro atoms. The fourth-order valence-electron chi connectivity index (χ4n) is 5.25. The topological polar surface area (TPSA) is 165 Å². The number of likely N-dealkylation sites (N-methyl/N-ethyl adjacent to an activating group) is 1. The summed E-state index contributed by atoms with van der Waals surface area (Å²) in [6, 6.07) is 5.67. The first-order valence-electron chi connectivity index (χ1n) is 12.8. The molecule has 2 amide bonds. The average Bonchev–Trinajstić information content (AvgIpc) is 3.31. The van der Waals surface area contributed by atoms with Crippen LogP contribution in [-0.4, -0.2) is 108 Å². The van der Waals surface area contributed by atoms with Gasteiger partial charge in [0.25, 0.3) is 0 Å². The molecule has 1 aromatic carbocycles. The lowest BCUT2D eigenvalue weighted by molar-refractivity contribution is -0.286. The third kappa shape index (κ3) is 6.86. The molecular weight excluding hydrogens is 514 g/mol. The maximum atomic E-state index is 13.4. The first kappa shape index (κ1) is 29.2. The molecule has 39 heavy (non-hydrogen) atoms. The van der Waals surface area contributed by atoms with Gasteiger partial charge in [-0.2, -0.15) is 0 Å². The van der Waals surface area contributed by atoms with E-state index in [1.54, 1.807) is 37.9 Å². The van der Waals surface area contributed by atoms with E-state index >= 15 is 0 Å². The highest BCUT2D eigenvalue weighted by Gasteiger charge is 2.65. The highest BCUT2D eigenvalue weighted by Crippen LogP contribution is 2.47. The summed E-state index contributed by atoms with van der Waals surface area (Å²) in [4.78, 5) is 37.9. The molecule has 216 valence electrons. The Labute approximate surface area is 226 Å². The van der Waals surface area contributed by atoms with Gasteiger partial charge in [-0.05, 0) is 58.9 Å². The lowest BCUT2D eigenvalue weighted by Gasteiger charge is -2.43. The van der Waals surface area contributed by atoms with E-state index in [1.807, 2.05) is 13.8 Å². The lowest BCUT2D eigenvalue weighted by atomic mass is 9.95. The van der Waals surface area contributed by atoms with Crippen LogP contribution in [0, 0.1) is 0 Å². The Bertz CT molecular complexity index is 1080. The number of carbonyl (C=O) groups is 3. The minimum absolute atomic E-state index is 0.0931. The molecule has 3 aliphatic heterocycles. The van der Waals surface area contributed by atoms with Gasteiger partial charge in [0.05, 0.1) is 25.7 Å².